The minimum absolute atomic E-state index is 0.0420. The lowest BCUT2D eigenvalue weighted by molar-refractivity contribution is 0.0474. The molecule has 1 fully saturated rings. The monoisotopic (exact) mass is 381 g/mol. The van der Waals surface area contributed by atoms with Crippen LogP contribution in [0.1, 0.15) is 28.8 Å². The molecule has 1 aliphatic carbocycles. The summed E-state index contributed by atoms with van der Waals surface area (Å²) in [5, 5.41) is 2.13. The van der Waals surface area contributed by atoms with E-state index in [2.05, 4.69) is 4.72 Å². The highest BCUT2D eigenvalue weighted by molar-refractivity contribution is 7.89. The number of hydrogen-bond donors (Lipinski definition) is 1. The van der Waals surface area contributed by atoms with E-state index in [1.54, 1.807) is 0 Å². The van der Waals surface area contributed by atoms with Crippen LogP contribution in [0.3, 0.4) is 0 Å². The fourth-order valence-corrected chi connectivity index (χ4v) is 4.21. The number of hydrogen-bond acceptors (Lipinski definition) is 4. The maximum atomic E-state index is 12.3. The molecule has 138 valence electrons. The molecule has 0 aliphatic heterocycles. The van der Waals surface area contributed by atoms with Gasteiger partial charge in [0.05, 0.1) is 10.5 Å². The number of carbonyl (C=O) groups is 1. The molecule has 1 aliphatic rings. The molecule has 1 saturated carbocycles. The van der Waals surface area contributed by atoms with Gasteiger partial charge < -0.3 is 4.74 Å². The predicted molar refractivity (Wildman–Crippen MR) is 103 cm³/mol. The number of rotatable bonds is 6. The minimum Gasteiger partial charge on any atom is -0.457 e. The highest BCUT2D eigenvalue weighted by atomic mass is 32.2. The van der Waals surface area contributed by atoms with Crippen molar-refractivity contribution in [3.8, 4) is 0 Å². The first-order chi connectivity index (χ1) is 13.0. The topological polar surface area (TPSA) is 72.5 Å². The summed E-state index contributed by atoms with van der Waals surface area (Å²) < 4.78 is 32.4. The highest BCUT2D eigenvalue weighted by Gasteiger charge is 2.28. The summed E-state index contributed by atoms with van der Waals surface area (Å²) in [5.41, 5.74) is 1.25. The van der Waals surface area contributed by atoms with Gasteiger partial charge in [-0.15, -0.1) is 0 Å². The molecule has 0 unspecified atom stereocenters. The molecule has 1 N–H and O–H groups in total. The third kappa shape index (κ3) is 4.02. The van der Waals surface area contributed by atoms with Gasteiger partial charge in [-0.2, -0.15) is 0 Å². The Labute approximate surface area is 158 Å². The zero-order chi connectivity index (χ0) is 18.9. The third-order valence-corrected chi connectivity index (χ3v) is 6.07. The summed E-state index contributed by atoms with van der Waals surface area (Å²) in [4.78, 5) is 12.5. The Kier molecular flexibility index (Phi) is 4.68. The number of nitrogens with one attached hydrogen (secondary N) is 1. The van der Waals surface area contributed by atoms with Crippen LogP contribution in [0, 0.1) is 0 Å². The second-order valence-electron chi connectivity index (χ2n) is 6.63. The zero-order valence-electron chi connectivity index (χ0n) is 14.6. The number of ether oxygens (including phenoxy) is 1. The predicted octanol–water partition coefficient (Wildman–Crippen LogP) is 3.64. The minimum atomic E-state index is -3.52. The summed E-state index contributed by atoms with van der Waals surface area (Å²) in [6, 6.07) is 19.6. The number of benzene rings is 3. The molecule has 0 atom stereocenters. The Morgan fingerprint density at radius 2 is 1.67 bits per heavy atom. The van der Waals surface area contributed by atoms with Crippen molar-refractivity contribution in [3.63, 3.8) is 0 Å². The third-order valence-electron chi connectivity index (χ3n) is 4.54. The van der Waals surface area contributed by atoms with Gasteiger partial charge in [0.1, 0.15) is 6.61 Å². The van der Waals surface area contributed by atoms with Crippen LogP contribution in [0.2, 0.25) is 0 Å². The molecule has 0 aromatic heterocycles. The molecule has 0 bridgehead atoms. The van der Waals surface area contributed by atoms with Gasteiger partial charge in [0.15, 0.2) is 0 Å². The molecule has 0 radical (unpaired) electrons. The van der Waals surface area contributed by atoms with E-state index >= 15 is 0 Å². The van der Waals surface area contributed by atoms with Gasteiger partial charge in [0.25, 0.3) is 0 Å². The molecule has 0 spiro atoms. The molecule has 3 aromatic rings. The van der Waals surface area contributed by atoms with E-state index in [1.807, 2.05) is 42.5 Å². The molecular formula is C21H19NO4S. The van der Waals surface area contributed by atoms with Crippen LogP contribution in [0.4, 0.5) is 0 Å². The van der Waals surface area contributed by atoms with Crippen molar-refractivity contribution < 1.29 is 17.9 Å². The number of carbonyl (C=O) groups excluding carboxylic acids is 1. The van der Waals surface area contributed by atoms with E-state index in [0.717, 1.165) is 29.2 Å². The average Bonchev–Trinajstić information content (AvgIpc) is 3.49. The molecular weight excluding hydrogens is 362 g/mol. The van der Waals surface area contributed by atoms with Crippen molar-refractivity contribution in [1.29, 1.82) is 0 Å². The maximum absolute atomic E-state index is 12.3. The Morgan fingerprint density at radius 3 is 2.41 bits per heavy atom. The Bertz CT molecular complexity index is 1080. The van der Waals surface area contributed by atoms with Crippen molar-refractivity contribution in [2.45, 2.75) is 30.4 Å². The van der Waals surface area contributed by atoms with Crippen molar-refractivity contribution >= 4 is 26.8 Å². The second kappa shape index (κ2) is 7.13. The molecule has 4 rings (SSSR count). The molecule has 0 saturated heterocycles. The van der Waals surface area contributed by atoms with E-state index in [4.69, 9.17) is 4.74 Å². The van der Waals surface area contributed by atoms with Crippen molar-refractivity contribution in [1.82, 2.24) is 4.72 Å². The number of esters is 1. The van der Waals surface area contributed by atoms with Crippen molar-refractivity contribution in [2.75, 3.05) is 0 Å². The van der Waals surface area contributed by atoms with Gasteiger partial charge in [-0.25, -0.2) is 17.9 Å². The van der Waals surface area contributed by atoms with E-state index in [-0.39, 0.29) is 17.5 Å². The fourth-order valence-electron chi connectivity index (χ4n) is 2.90. The quantitative estimate of drug-likeness (QED) is 0.662. The van der Waals surface area contributed by atoms with Gasteiger partial charge in [-0.05, 0) is 53.4 Å². The molecule has 3 aromatic carbocycles. The van der Waals surface area contributed by atoms with Crippen LogP contribution in [0.15, 0.2) is 71.6 Å². The standard InChI is InChI=1S/C21H19NO4S/c23-21(26-14-17-6-3-5-15-4-1-2-7-20(15)17)16-8-12-19(13-9-16)27(24,25)22-18-10-11-18/h1-9,12-13,18,22H,10-11,14H2. The van der Waals surface area contributed by atoms with Crippen LogP contribution < -0.4 is 4.72 Å². The smallest absolute Gasteiger partial charge is 0.338 e. The number of sulfonamides is 1. The lowest BCUT2D eigenvalue weighted by Gasteiger charge is -2.09. The van der Waals surface area contributed by atoms with Gasteiger partial charge in [0.2, 0.25) is 10.0 Å². The first-order valence-corrected chi connectivity index (χ1v) is 10.3. The summed E-state index contributed by atoms with van der Waals surface area (Å²) >= 11 is 0. The Balaban J connectivity index is 1.45. The number of fused-ring (bicyclic) bond motifs is 1. The van der Waals surface area contributed by atoms with Gasteiger partial charge in [-0.3, -0.25) is 0 Å². The van der Waals surface area contributed by atoms with Crippen LogP contribution in [0.25, 0.3) is 10.8 Å². The summed E-state index contributed by atoms with van der Waals surface area (Å²) in [5.74, 6) is -0.484. The summed E-state index contributed by atoms with van der Waals surface area (Å²) in [7, 11) is -3.52. The second-order valence-corrected chi connectivity index (χ2v) is 8.35. The Hall–Kier alpha value is -2.70. The zero-order valence-corrected chi connectivity index (χ0v) is 15.4. The van der Waals surface area contributed by atoms with Crippen LogP contribution in [0.5, 0.6) is 0 Å². The SMILES string of the molecule is O=C(OCc1cccc2ccccc12)c1ccc(S(=O)(=O)NC2CC2)cc1. The highest BCUT2D eigenvalue weighted by Crippen LogP contribution is 2.23. The molecule has 0 heterocycles. The largest absolute Gasteiger partial charge is 0.457 e. The molecule has 6 heteroatoms. The fraction of sp³-hybridized carbons (Fsp3) is 0.190. The average molecular weight is 381 g/mol. The van der Waals surface area contributed by atoms with E-state index in [0.29, 0.717) is 5.56 Å². The van der Waals surface area contributed by atoms with E-state index in [9.17, 15) is 13.2 Å². The molecule has 0 amide bonds. The van der Waals surface area contributed by atoms with Crippen LogP contribution >= 0.6 is 0 Å². The first-order valence-electron chi connectivity index (χ1n) is 8.79. The molecule has 5 nitrogen and oxygen atoms in total. The summed E-state index contributed by atoms with van der Waals surface area (Å²) in [6.45, 7) is 0.156. The van der Waals surface area contributed by atoms with Crippen molar-refractivity contribution in [3.05, 3.63) is 77.9 Å². The van der Waals surface area contributed by atoms with Gasteiger partial charge in [-0.1, -0.05) is 42.5 Å². The van der Waals surface area contributed by atoms with E-state index in [1.165, 1.54) is 24.3 Å². The van der Waals surface area contributed by atoms with Crippen molar-refractivity contribution in [2.24, 2.45) is 0 Å². The van der Waals surface area contributed by atoms with E-state index < -0.39 is 16.0 Å². The normalized spacial score (nSPS) is 14.2. The molecule has 27 heavy (non-hydrogen) atoms. The maximum Gasteiger partial charge on any atom is 0.338 e. The lowest BCUT2D eigenvalue weighted by atomic mass is 10.1. The van der Waals surface area contributed by atoms with Gasteiger partial charge >= 0.3 is 5.97 Å². The van der Waals surface area contributed by atoms with Gasteiger partial charge in [0, 0.05) is 6.04 Å². The van der Waals surface area contributed by atoms with Crippen LogP contribution in [-0.2, 0) is 21.4 Å². The lowest BCUT2D eigenvalue weighted by Crippen LogP contribution is -2.25. The van der Waals surface area contributed by atoms with Crippen LogP contribution in [-0.4, -0.2) is 20.4 Å². The first kappa shape index (κ1) is 17.7. The summed E-state index contributed by atoms with van der Waals surface area (Å²) in [6.07, 6.45) is 1.75. The Morgan fingerprint density at radius 1 is 0.963 bits per heavy atom.